The fraction of sp³-hybridized carbons (Fsp3) is 0.316. The zero-order chi connectivity index (χ0) is 15.8. The molecule has 0 fully saturated rings. The molecule has 0 aliphatic carbocycles. The van der Waals surface area contributed by atoms with E-state index in [-0.39, 0.29) is 11.9 Å². The number of amides is 1. The molecule has 2 rings (SSSR count). The summed E-state index contributed by atoms with van der Waals surface area (Å²) < 4.78 is 5.65. The van der Waals surface area contributed by atoms with Crippen molar-refractivity contribution < 1.29 is 9.53 Å². The van der Waals surface area contributed by atoms with Crippen molar-refractivity contribution in [1.82, 2.24) is 5.32 Å². The van der Waals surface area contributed by atoms with Gasteiger partial charge in [-0.2, -0.15) is 0 Å². The van der Waals surface area contributed by atoms with Crippen LogP contribution in [0.1, 0.15) is 48.7 Å². The van der Waals surface area contributed by atoms with E-state index in [1.807, 2.05) is 49.4 Å². The second-order valence-corrected chi connectivity index (χ2v) is 5.34. The maximum atomic E-state index is 12.3. The summed E-state index contributed by atoms with van der Waals surface area (Å²) in [6.07, 6.45) is 2.11. The van der Waals surface area contributed by atoms with Gasteiger partial charge in [0.15, 0.2) is 0 Å². The second kappa shape index (κ2) is 8.23. The predicted octanol–water partition coefficient (Wildman–Crippen LogP) is 4.36. The van der Waals surface area contributed by atoms with Gasteiger partial charge in [0.2, 0.25) is 0 Å². The first-order valence-corrected chi connectivity index (χ1v) is 7.79. The molecule has 22 heavy (non-hydrogen) atoms. The van der Waals surface area contributed by atoms with Crippen molar-refractivity contribution >= 4 is 5.91 Å². The first-order chi connectivity index (χ1) is 10.7. The van der Waals surface area contributed by atoms with Crippen LogP contribution in [0.25, 0.3) is 0 Å². The Morgan fingerprint density at radius 2 is 1.91 bits per heavy atom. The molecular formula is C19H23NO2. The summed E-state index contributed by atoms with van der Waals surface area (Å²) in [5.41, 5.74) is 1.71. The third-order valence-electron chi connectivity index (χ3n) is 3.51. The van der Waals surface area contributed by atoms with Crippen LogP contribution >= 0.6 is 0 Å². The Hall–Kier alpha value is -2.29. The van der Waals surface area contributed by atoms with Crippen molar-refractivity contribution in [1.29, 1.82) is 0 Å². The van der Waals surface area contributed by atoms with E-state index in [0.29, 0.717) is 12.2 Å². The topological polar surface area (TPSA) is 38.3 Å². The van der Waals surface area contributed by atoms with Crippen LogP contribution in [0.3, 0.4) is 0 Å². The first-order valence-electron chi connectivity index (χ1n) is 7.79. The largest absolute Gasteiger partial charge is 0.494 e. The molecule has 0 saturated heterocycles. The van der Waals surface area contributed by atoms with Crippen LogP contribution in [-0.4, -0.2) is 12.5 Å². The molecule has 3 heteroatoms. The Balaban J connectivity index is 1.98. The molecule has 1 N–H and O–H groups in total. The fourth-order valence-corrected chi connectivity index (χ4v) is 2.17. The molecule has 116 valence electrons. The summed E-state index contributed by atoms with van der Waals surface area (Å²) in [5.74, 6) is 0.658. The summed E-state index contributed by atoms with van der Waals surface area (Å²) in [7, 11) is 0. The monoisotopic (exact) mass is 297 g/mol. The molecule has 0 aliphatic heterocycles. The highest BCUT2D eigenvalue weighted by Gasteiger charge is 2.11. The molecule has 0 radical (unpaired) electrons. The van der Waals surface area contributed by atoms with E-state index in [4.69, 9.17) is 4.74 Å². The lowest BCUT2D eigenvalue weighted by Gasteiger charge is -2.15. The minimum atomic E-state index is -0.0858. The second-order valence-electron chi connectivity index (χ2n) is 5.34. The number of rotatable bonds is 7. The zero-order valence-electron chi connectivity index (χ0n) is 13.2. The van der Waals surface area contributed by atoms with Gasteiger partial charge in [0.25, 0.3) is 5.91 Å². The van der Waals surface area contributed by atoms with E-state index in [9.17, 15) is 4.79 Å². The van der Waals surface area contributed by atoms with Crippen LogP contribution in [0.15, 0.2) is 54.6 Å². The minimum Gasteiger partial charge on any atom is -0.494 e. The number of nitrogens with one attached hydrogen (secondary N) is 1. The lowest BCUT2D eigenvalue weighted by atomic mass is 10.1. The van der Waals surface area contributed by atoms with Gasteiger partial charge in [-0.25, -0.2) is 0 Å². The van der Waals surface area contributed by atoms with Crippen LogP contribution in [0.5, 0.6) is 5.75 Å². The number of ether oxygens (including phenoxy) is 1. The highest BCUT2D eigenvalue weighted by atomic mass is 16.5. The van der Waals surface area contributed by atoms with Gasteiger partial charge in [-0.15, -0.1) is 0 Å². The molecule has 1 amide bonds. The van der Waals surface area contributed by atoms with Gasteiger partial charge < -0.3 is 10.1 Å². The van der Waals surface area contributed by atoms with Gasteiger partial charge in [-0.1, -0.05) is 49.7 Å². The van der Waals surface area contributed by atoms with E-state index >= 15 is 0 Å². The Morgan fingerprint density at radius 1 is 1.14 bits per heavy atom. The molecule has 0 saturated carbocycles. The maximum Gasteiger partial charge on any atom is 0.251 e. The maximum absolute atomic E-state index is 12.3. The normalized spacial score (nSPS) is 11.7. The van der Waals surface area contributed by atoms with Crippen molar-refractivity contribution in [3.8, 4) is 5.75 Å². The summed E-state index contributed by atoms with van der Waals surface area (Å²) >= 11 is 0. The number of benzene rings is 2. The van der Waals surface area contributed by atoms with E-state index in [1.165, 1.54) is 0 Å². The molecule has 1 atom stereocenters. The van der Waals surface area contributed by atoms with Crippen molar-refractivity contribution in [2.24, 2.45) is 0 Å². The van der Waals surface area contributed by atoms with Gasteiger partial charge in [0.1, 0.15) is 5.75 Å². The molecule has 0 aliphatic rings. The highest BCUT2D eigenvalue weighted by molar-refractivity contribution is 5.94. The Bertz CT molecular complexity index is 595. The van der Waals surface area contributed by atoms with Gasteiger partial charge in [-0.3, -0.25) is 4.79 Å². The van der Waals surface area contributed by atoms with Crippen LogP contribution in [0.2, 0.25) is 0 Å². The number of carbonyl (C=O) groups is 1. The third kappa shape index (κ3) is 4.62. The molecule has 0 spiro atoms. The number of carbonyl (C=O) groups excluding carboxylic acids is 1. The molecular weight excluding hydrogens is 274 g/mol. The van der Waals surface area contributed by atoms with Crippen LogP contribution in [-0.2, 0) is 0 Å². The predicted molar refractivity (Wildman–Crippen MR) is 89.2 cm³/mol. The van der Waals surface area contributed by atoms with Crippen molar-refractivity contribution in [2.45, 2.75) is 32.7 Å². The van der Waals surface area contributed by atoms with E-state index in [2.05, 4.69) is 12.2 Å². The van der Waals surface area contributed by atoms with E-state index < -0.39 is 0 Å². The Kier molecular flexibility index (Phi) is 6.01. The van der Waals surface area contributed by atoms with Gasteiger partial charge >= 0.3 is 0 Å². The molecule has 0 aromatic heterocycles. The third-order valence-corrected chi connectivity index (χ3v) is 3.51. The van der Waals surface area contributed by atoms with Crippen LogP contribution in [0.4, 0.5) is 0 Å². The molecule has 2 aromatic carbocycles. The first kappa shape index (κ1) is 16.1. The van der Waals surface area contributed by atoms with E-state index in [1.54, 1.807) is 12.1 Å². The minimum absolute atomic E-state index is 0.0293. The Morgan fingerprint density at radius 3 is 2.64 bits per heavy atom. The van der Waals surface area contributed by atoms with Gasteiger partial charge in [0.05, 0.1) is 12.6 Å². The quantitative estimate of drug-likeness (QED) is 0.771. The van der Waals surface area contributed by atoms with E-state index in [0.717, 1.165) is 24.2 Å². The average molecular weight is 297 g/mol. The molecule has 2 aromatic rings. The van der Waals surface area contributed by atoms with Crippen LogP contribution < -0.4 is 10.1 Å². The summed E-state index contributed by atoms with van der Waals surface area (Å²) in [4.78, 5) is 12.3. The molecule has 0 heterocycles. The fourth-order valence-electron chi connectivity index (χ4n) is 2.17. The Labute approximate surface area is 132 Å². The lowest BCUT2D eigenvalue weighted by molar-refractivity contribution is 0.0939. The molecule has 1 unspecified atom stereocenters. The number of unbranched alkanes of at least 4 members (excludes halogenated alkanes) is 1. The smallest absolute Gasteiger partial charge is 0.251 e. The molecule has 0 bridgehead atoms. The average Bonchev–Trinajstić information content (AvgIpc) is 2.56. The number of hydrogen-bond acceptors (Lipinski definition) is 2. The number of hydrogen-bond donors (Lipinski definition) is 1. The summed E-state index contributed by atoms with van der Waals surface area (Å²) in [6.45, 7) is 4.79. The molecule has 3 nitrogen and oxygen atoms in total. The standard InChI is InChI=1S/C19H23NO2/c1-3-4-13-22-18-12-8-11-17(14-18)19(21)20-15(2)16-9-6-5-7-10-16/h5-12,14-15H,3-4,13H2,1-2H3,(H,20,21). The summed E-state index contributed by atoms with van der Waals surface area (Å²) in [5, 5.41) is 3.01. The van der Waals surface area contributed by atoms with Crippen molar-refractivity contribution in [2.75, 3.05) is 6.61 Å². The van der Waals surface area contributed by atoms with Crippen molar-refractivity contribution in [3.05, 3.63) is 65.7 Å². The highest BCUT2D eigenvalue weighted by Crippen LogP contribution is 2.16. The van der Waals surface area contributed by atoms with Crippen molar-refractivity contribution in [3.63, 3.8) is 0 Å². The SMILES string of the molecule is CCCCOc1cccc(C(=O)NC(C)c2ccccc2)c1. The van der Waals surface area contributed by atoms with Crippen LogP contribution in [0, 0.1) is 0 Å². The lowest BCUT2D eigenvalue weighted by Crippen LogP contribution is -2.26. The van der Waals surface area contributed by atoms with Gasteiger partial charge in [-0.05, 0) is 37.1 Å². The zero-order valence-corrected chi connectivity index (χ0v) is 13.2. The van der Waals surface area contributed by atoms with Gasteiger partial charge in [0, 0.05) is 5.56 Å². The summed E-state index contributed by atoms with van der Waals surface area (Å²) in [6, 6.07) is 17.2.